The van der Waals surface area contributed by atoms with Gasteiger partial charge in [-0.15, -0.1) is 0 Å². The van der Waals surface area contributed by atoms with Crippen molar-refractivity contribution in [2.75, 3.05) is 0 Å². The van der Waals surface area contributed by atoms with Crippen molar-refractivity contribution in [3.63, 3.8) is 0 Å². The highest BCUT2D eigenvalue weighted by Crippen LogP contribution is 2.29. The first kappa shape index (κ1) is 13.0. The molecule has 1 unspecified atom stereocenters. The first-order chi connectivity index (χ1) is 7.63. The highest BCUT2D eigenvalue weighted by atomic mass is 16.7. The minimum absolute atomic E-state index is 0.304. The van der Waals surface area contributed by atoms with Crippen LogP contribution in [0, 0.1) is 0 Å². The molecule has 0 aromatic carbocycles. The van der Waals surface area contributed by atoms with Crippen LogP contribution < -0.4 is 0 Å². The Hall–Kier alpha value is -1.06. The monoisotopic (exact) mass is 226 g/mol. The summed E-state index contributed by atoms with van der Waals surface area (Å²) in [6.07, 6.45) is 5.40. The van der Waals surface area contributed by atoms with Crippen LogP contribution in [0.1, 0.15) is 59.3 Å². The first-order valence-electron chi connectivity index (χ1n) is 6.07. The van der Waals surface area contributed by atoms with E-state index in [4.69, 9.17) is 10.0 Å². The van der Waals surface area contributed by atoms with E-state index in [2.05, 4.69) is 24.2 Å². The van der Waals surface area contributed by atoms with Crippen molar-refractivity contribution in [1.29, 1.82) is 0 Å². The van der Waals surface area contributed by atoms with Crippen LogP contribution in [0.3, 0.4) is 0 Å². The summed E-state index contributed by atoms with van der Waals surface area (Å²) in [4.78, 5) is 5.48. The molecule has 1 aliphatic heterocycles. The molecule has 0 bridgehead atoms. The summed E-state index contributed by atoms with van der Waals surface area (Å²) in [6.45, 7) is 6.23. The van der Waals surface area contributed by atoms with Crippen LogP contribution >= 0.6 is 0 Å². The molecule has 4 heteroatoms. The fraction of sp³-hybridized carbons (Fsp3) is 0.833. The third-order valence-electron chi connectivity index (χ3n) is 2.77. The summed E-state index contributed by atoms with van der Waals surface area (Å²) in [5.41, 5.74) is 1.62. The first-order valence-corrected chi connectivity index (χ1v) is 6.07. The maximum absolute atomic E-state index is 8.90. The Morgan fingerprint density at radius 2 is 2.25 bits per heavy atom. The van der Waals surface area contributed by atoms with Gasteiger partial charge < -0.3 is 10.0 Å². The van der Waals surface area contributed by atoms with Crippen molar-refractivity contribution in [3.8, 4) is 0 Å². The van der Waals surface area contributed by atoms with Gasteiger partial charge in [-0.1, -0.05) is 37.0 Å². The molecule has 4 nitrogen and oxygen atoms in total. The number of hydrogen-bond acceptors (Lipinski definition) is 4. The quantitative estimate of drug-likeness (QED) is 0.429. The topological polar surface area (TPSA) is 54.2 Å². The van der Waals surface area contributed by atoms with Crippen LogP contribution in [0.2, 0.25) is 0 Å². The highest BCUT2D eigenvalue weighted by molar-refractivity contribution is 5.89. The summed E-state index contributed by atoms with van der Waals surface area (Å²) in [5, 5.41) is 16.3. The molecule has 1 aliphatic rings. The van der Waals surface area contributed by atoms with Crippen molar-refractivity contribution in [2.45, 2.75) is 64.9 Å². The standard InChI is InChI=1S/C12H22N2O2/c1-4-6-10(13-15)8-12(3)9-11(7-5-2)14-16-12/h15H,4-9H2,1-3H3/b13-10+. The average Bonchev–Trinajstić information content (AvgIpc) is 2.60. The van der Waals surface area contributed by atoms with Crippen molar-refractivity contribution < 1.29 is 10.0 Å². The van der Waals surface area contributed by atoms with Crippen LogP contribution in [0.25, 0.3) is 0 Å². The average molecular weight is 226 g/mol. The molecule has 1 N–H and O–H groups in total. The summed E-state index contributed by atoms with van der Waals surface area (Å²) >= 11 is 0. The lowest BCUT2D eigenvalue weighted by atomic mass is 9.91. The van der Waals surface area contributed by atoms with E-state index in [-0.39, 0.29) is 5.60 Å². The Labute approximate surface area is 97.4 Å². The molecule has 0 aliphatic carbocycles. The fourth-order valence-electron chi connectivity index (χ4n) is 2.08. The molecule has 16 heavy (non-hydrogen) atoms. The minimum Gasteiger partial charge on any atom is -0.411 e. The third-order valence-corrected chi connectivity index (χ3v) is 2.77. The zero-order chi connectivity index (χ0) is 12.0. The second kappa shape index (κ2) is 5.87. The van der Waals surface area contributed by atoms with Crippen LogP contribution in [0.5, 0.6) is 0 Å². The SMILES string of the molecule is CCCC1=NOC(C)(C/C(CCC)=N/O)C1. The van der Waals surface area contributed by atoms with E-state index in [0.29, 0.717) is 6.42 Å². The second-order valence-electron chi connectivity index (χ2n) is 4.72. The second-order valence-corrected chi connectivity index (χ2v) is 4.72. The number of hydrogen-bond donors (Lipinski definition) is 1. The van der Waals surface area contributed by atoms with Gasteiger partial charge in [0.25, 0.3) is 0 Å². The predicted molar refractivity (Wildman–Crippen MR) is 65.2 cm³/mol. The van der Waals surface area contributed by atoms with Crippen LogP contribution in [-0.4, -0.2) is 22.2 Å². The molecule has 0 radical (unpaired) electrons. The third kappa shape index (κ3) is 3.51. The van der Waals surface area contributed by atoms with Gasteiger partial charge in [-0.05, 0) is 19.8 Å². The molecule has 92 valence electrons. The molecular formula is C12H22N2O2. The summed E-state index contributed by atoms with van der Waals surface area (Å²) in [5.74, 6) is 0. The predicted octanol–water partition coefficient (Wildman–Crippen LogP) is 3.34. The van der Waals surface area contributed by atoms with E-state index in [0.717, 1.165) is 43.5 Å². The van der Waals surface area contributed by atoms with Gasteiger partial charge >= 0.3 is 0 Å². The Bertz CT molecular complexity index is 287. The van der Waals surface area contributed by atoms with Crippen molar-refractivity contribution in [1.82, 2.24) is 0 Å². The Balaban J connectivity index is 2.49. The van der Waals surface area contributed by atoms with Crippen molar-refractivity contribution >= 4 is 11.4 Å². The minimum atomic E-state index is -0.304. The maximum Gasteiger partial charge on any atom is 0.145 e. The highest BCUT2D eigenvalue weighted by Gasteiger charge is 2.35. The maximum atomic E-state index is 8.90. The summed E-state index contributed by atoms with van der Waals surface area (Å²) in [7, 11) is 0. The molecular weight excluding hydrogens is 204 g/mol. The molecule has 0 saturated carbocycles. The molecule has 0 amide bonds. The lowest BCUT2D eigenvalue weighted by molar-refractivity contribution is 0.00189. The van der Waals surface area contributed by atoms with E-state index >= 15 is 0 Å². The van der Waals surface area contributed by atoms with Gasteiger partial charge in [0.2, 0.25) is 0 Å². The number of rotatable bonds is 6. The Kier molecular flexibility index (Phi) is 4.77. The van der Waals surface area contributed by atoms with Gasteiger partial charge in [-0.3, -0.25) is 0 Å². The van der Waals surface area contributed by atoms with Crippen LogP contribution in [0.15, 0.2) is 10.3 Å². The smallest absolute Gasteiger partial charge is 0.145 e. The van der Waals surface area contributed by atoms with E-state index in [1.54, 1.807) is 0 Å². The molecule has 0 spiro atoms. The molecule has 0 fully saturated rings. The van der Waals surface area contributed by atoms with E-state index < -0.39 is 0 Å². The Morgan fingerprint density at radius 3 is 2.81 bits per heavy atom. The fourth-order valence-corrected chi connectivity index (χ4v) is 2.08. The lowest BCUT2D eigenvalue weighted by Gasteiger charge is -2.21. The summed E-state index contributed by atoms with van der Waals surface area (Å²) < 4.78 is 0. The van der Waals surface area contributed by atoms with Crippen molar-refractivity contribution in [2.24, 2.45) is 10.3 Å². The van der Waals surface area contributed by atoms with Crippen LogP contribution in [-0.2, 0) is 4.84 Å². The zero-order valence-electron chi connectivity index (χ0n) is 10.5. The molecule has 0 aromatic heterocycles. The molecule has 1 rings (SSSR count). The van der Waals surface area contributed by atoms with E-state index in [1.165, 1.54) is 0 Å². The van der Waals surface area contributed by atoms with Gasteiger partial charge in [-0.2, -0.15) is 0 Å². The number of oxime groups is 2. The van der Waals surface area contributed by atoms with E-state index in [9.17, 15) is 0 Å². The van der Waals surface area contributed by atoms with Gasteiger partial charge in [-0.25, -0.2) is 0 Å². The van der Waals surface area contributed by atoms with Gasteiger partial charge in [0.1, 0.15) is 5.60 Å². The summed E-state index contributed by atoms with van der Waals surface area (Å²) in [6, 6.07) is 0. The van der Waals surface area contributed by atoms with E-state index in [1.807, 2.05) is 6.92 Å². The molecule has 1 atom stereocenters. The number of nitrogens with zero attached hydrogens (tertiary/aromatic N) is 2. The molecule has 0 aromatic rings. The van der Waals surface area contributed by atoms with Crippen molar-refractivity contribution in [3.05, 3.63) is 0 Å². The zero-order valence-corrected chi connectivity index (χ0v) is 10.5. The normalized spacial score (nSPS) is 25.4. The lowest BCUT2D eigenvalue weighted by Crippen LogP contribution is -2.28. The van der Waals surface area contributed by atoms with Gasteiger partial charge in [0.05, 0.1) is 11.4 Å². The largest absolute Gasteiger partial charge is 0.411 e. The van der Waals surface area contributed by atoms with Gasteiger partial charge in [0, 0.05) is 12.8 Å². The van der Waals surface area contributed by atoms with Gasteiger partial charge in [0.15, 0.2) is 0 Å². The molecule has 0 saturated heterocycles. The Morgan fingerprint density at radius 1 is 1.50 bits per heavy atom. The molecule has 1 heterocycles. The van der Waals surface area contributed by atoms with Crippen LogP contribution in [0.4, 0.5) is 0 Å².